The van der Waals surface area contributed by atoms with Crippen molar-refractivity contribution >= 4 is 0 Å². The van der Waals surface area contributed by atoms with E-state index in [0.29, 0.717) is 19.6 Å². The largest absolute Gasteiger partial charge is 0.491 e. The summed E-state index contributed by atoms with van der Waals surface area (Å²) in [6.45, 7) is 3.55. The molecule has 0 fully saturated rings. The summed E-state index contributed by atoms with van der Waals surface area (Å²) in [7, 11) is 0. The minimum Gasteiger partial charge on any atom is -0.491 e. The summed E-state index contributed by atoms with van der Waals surface area (Å²) in [5, 5.41) is 10.5. The summed E-state index contributed by atoms with van der Waals surface area (Å²) >= 11 is 0. The molecule has 3 aromatic rings. The summed E-state index contributed by atoms with van der Waals surface area (Å²) in [5.74, 6) is 1.28. The molecule has 0 unspecified atom stereocenters. The van der Waals surface area contributed by atoms with Gasteiger partial charge in [-0.2, -0.15) is 0 Å². The smallest absolute Gasteiger partial charge is 0.123 e. The normalized spacial score (nSPS) is 12.3. The zero-order valence-corrected chi connectivity index (χ0v) is 15.3. The van der Waals surface area contributed by atoms with Crippen molar-refractivity contribution in [1.29, 1.82) is 0 Å². The van der Waals surface area contributed by atoms with E-state index in [1.165, 1.54) is 12.1 Å². The van der Waals surface area contributed by atoms with E-state index in [-0.39, 0.29) is 12.4 Å². The second-order valence-electron chi connectivity index (χ2n) is 6.61. The highest BCUT2D eigenvalue weighted by atomic mass is 19.1. The summed E-state index contributed by atoms with van der Waals surface area (Å²) < 4.78 is 24.7. The van der Waals surface area contributed by atoms with Gasteiger partial charge in [-0.15, -0.1) is 0 Å². The Bertz CT molecular complexity index is 835. The molecule has 1 aromatic heterocycles. The van der Waals surface area contributed by atoms with Gasteiger partial charge in [-0.3, -0.25) is 4.90 Å². The molecule has 0 saturated heterocycles. The van der Waals surface area contributed by atoms with E-state index in [9.17, 15) is 9.50 Å². The lowest BCUT2D eigenvalue weighted by Crippen LogP contribution is -2.35. The molecule has 0 spiro atoms. The van der Waals surface area contributed by atoms with E-state index >= 15 is 0 Å². The van der Waals surface area contributed by atoms with Gasteiger partial charge in [0.25, 0.3) is 0 Å². The Balaban J connectivity index is 1.62. The van der Waals surface area contributed by atoms with Gasteiger partial charge in [0.1, 0.15) is 30.0 Å². The Morgan fingerprint density at radius 1 is 1.07 bits per heavy atom. The molecule has 0 aliphatic heterocycles. The highest BCUT2D eigenvalue weighted by Crippen LogP contribution is 2.17. The SMILES string of the molecule is Cc1ccccc1OC[C@@H](O)CN(Cc1cccc(F)c1)Cc1ccco1. The van der Waals surface area contributed by atoms with Crippen LogP contribution in [0.15, 0.2) is 71.3 Å². The molecular weight excluding hydrogens is 345 g/mol. The number of benzene rings is 2. The maximum absolute atomic E-state index is 13.5. The van der Waals surface area contributed by atoms with Crippen LogP contribution in [0.25, 0.3) is 0 Å². The molecule has 0 radical (unpaired) electrons. The van der Waals surface area contributed by atoms with Gasteiger partial charge in [0.05, 0.1) is 12.8 Å². The van der Waals surface area contributed by atoms with Crippen LogP contribution in [0.5, 0.6) is 5.75 Å². The van der Waals surface area contributed by atoms with E-state index < -0.39 is 6.10 Å². The second kappa shape index (κ2) is 9.35. The van der Waals surface area contributed by atoms with Crippen LogP contribution in [-0.2, 0) is 13.1 Å². The van der Waals surface area contributed by atoms with Crippen LogP contribution in [0, 0.1) is 12.7 Å². The van der Waals surface area contributed by atoms with Gasteiger partial charge < -0.3 is 14.3 Å². The Morgan fingerprint density at radius 3 is 2.67 bits per heavy atom. The van der Waals surface area contributed by atoms with Crippen molar-refractivity contribution in [3.63, 3.8) is 0 Å². The van der Waals surface area contributed by atoms with Crippen molar-refractivity contribution in [2.24, 2.45) is 0 Å². The number of aliphatic hydroxyl groups excluding tert-OH is 1. The fourth-order valence-corrected chi connectivity index (χ4v) is 2.96. The zero-order valence-electron chi connectivity index (χ0n) is 15.3. The topological polar surface area (TPSA) is 45.8 Å². The molecule has 0 saturated carbocycles. The van der Waals surface area contributed by atoms with E-state index in [2.05, 4.69) is 0 Å². The Labute approximate surface area is 158 Å². The number of hydrogen-bond acceptors (Lipinski definition) is 4. The zero-order chi connectivity index (χ0) is 19.1. The van der Waals surface area contributed by atoms with E-state index in [0.717, 1.165) is 22.6 Å². The number of rotatable bonds is 9. The average Bonchev–Trinajstić information content (AvgIpc) is 3.14. The van der Waals surface area contributed by atoms with Gasteiger partial charge in [0.15, 0.2) is 0 Å². The van der Waals surface area contributed by atoms with Gasteiger partial charge in [0.2, 0.25) is 0 Å². The third kappa shape index (κ3) is 5.94. The maximum atomic E-state index is 13.5. The van der Waals surface area contributed by atoms with Crippen molar-refractivity contribution in [3.8, 4) is 5.75 Å². The summed E-state index contributed by atoms with van der Waals surface area (Å²) in [6, 6.07) is 17.9. The third-order valence-electron chi connectivity index (χ3n) is 4.25. The van der Waals surface area contributed by atoms with Crippen molar-refractivity contribution in [2.45, 2.75) is 26.1 Å². The average molecular weight is 369 g/mol. The fourth-order valence-electron chi connectivity index (χ4n) is 2.96. The Morgan fingerprint density at radius 2 is 1.93 bits per heavy atom. The van der Waals surface area contributed by atoms with Gasteiger partial charge in [-0.25, -0.2) is 4.39 Å². The van der Waals surface area contributed by atoms with Crippen LogP contribution in [-0.4, -0.2) is 29.3 Å². The summed E-state index contributed by atoms with van der Waals surface area (Å²) in [4.78, 5) is 2.01. The molecular formula is C22H24FNO3. The van der Waals surface area contributed by atoms with E-state index in [4.69, 9.17) is 9.15 Å². The van der Waals surface area contributed by atoms with Crippen molar-refractivity contribution in [1.82, 2.24) is 4.90 Å². The van der Waals surface area contributed by atoms with E-state index in [1.54, 1.807) is 12.3 Å². The second-order valence-corrected chi connectivity index (χ2v) is 6.61. The monoisotopic (exact) mass is 369 g/mol. The van der Waals surface area contributed by atoms with Gasteiger partial charge in [0, 0.05) is 13.1 Å². The van der Waals surface area contributed by atoms with Crippen molar-refractivity contribution < 1.29 is 18.7 Å². The Hall–Kier alpha value is -2.63. The molecule has 1 atom stereocenters. The lowest BCUT2D eigenvalue weighted by atomic mass is 10.2. The predicted octanol–water partition coefficient (Wildman–Crippen LogP) is 4.17. The van der Waals surface area contributed by atoms with Crippen molar-refractivity contribution in [2.75, 3.05) is 13.2 Å². The lowest BCUT2D eigenvalue weighted by Gasteiger charge is -2.24. The molecule has 0 amide bonds. The molecule has 27 heavy (non-hydrogen) atoms. The minimum atomic E-state index is -0.687. The minimum absolute atomic E-state index is 0.183. The van der Waals surface area contributed by atoms with Crippen LogP contribution in [0.3, 0.4) is 0 Å². The molecule has 142 valence electrons. The van der Waals surface area contributed by atoms with Crippen molar-refractivity contribution in [3.05, 3.63) is 89.6 Å². The molecule has 0 bridgehead atoms. The van der Waals surface area contributed by atoms with Gasteiger partial charge in [-0.1, -0.05) is 30.3 Å². The first kappa shape index (κ1) is 19.1. The summed E-state index contributed by atoms with van der Waals surface area (Å²) in [6.07, 6.45) is 0.932. The molecule has 5 heteroatoms. The first-order valence-corrected chi connectivity index (χ1v) is 8.96. The number of furan rings is 1. The number of hydrogen-bond donors (Lipinski definition) is 1. The van der Waals surface area contributed by atoms with Crippen LogP contribution in [0.1, 0.15) is 16.9 Å². The molecule has 0 aliphatic rings. The fraction of sp³-hybridized carbons (Fsp3) is 0.273. The number of halogens is 1. The number of nitrogens with zero attached hydrogens (tertiary/aromatic N) is 1. The van der Waals surface area contributed by atoms with Crippen LogP contribution < -0.4 is 4.74 Å². The Kier molecular flexibility index (Phi) is 6.63. The van der Waals surface area contributed by atoms with E-state index in [1.807, 2.05) is 54.3 Å². The standard InChI is InChI=1S/C22H24FNO3/c1-17-6-2-3-10-22(17)27-16-20(25)14-24(15-21-9-5-11-26-21)13-18-7-4-8-19(23)12-18/h2-12,20,25H,13-16H2,1H3/t20-/m0/s1. The molecule has 3 rings (SSSR count). The molecule has 2 aromatic carbocycles. The highest BCUT2D eigenvalue weighted by Gasteiger charge is 2.15. The molecule has 4 nitrogen and oxygen atoms in total. The van der Waals surface area contributed by atoms with Gasteiger partial charge in [-0.05, 0) is 48.4 Å². The van der Waals surface area contributed by atoms with Gasteiger partial charge >= 0.3 is 0 Å². The lowest BCUT2D eigenvalue weighted by molar-refractivity contribution is 0.0602. The third-order valence-corrected chi connectivity index (χ3v) is 4.25. The predicted molar refractivity (Wildman–Crippen MR) is 102 cm³/mol. The maximum Gasteiger partial charge on any atom is 0.123 e. The number of ether oxygens (including phenoxy) is 1. The van der Waals surface area contributed by atoms with Crippen LogP contribution in [0.2, 0.25) is 0 Å². The molecule has 0 aliphatic carbocycles. The highest BCUT2D eigenvalue weighted by molar-refractivity contribution is 5.31. The van der Waals surface area contributed by atoms with Crippen LogP contribution in [0.4, 0.5) is 4.39 Å². The summed E-state index contributed by atoms with van der Waals surface area (Å²) in [5.41, 5.74) is 1.87. The number of aliphatic hydroxyl groups is 1. The number of aryl methyl sites for hydroxylation is 1. The van der Waals surface area contributed by atoms with Crippen LogP contribution >= 0.6 is 0 Å². The number of para-hydroxylation sites is 1. The first-order chi connectivity index (χ1) is 13.1. The molecule has 1 heterocycles. The molecule has 1 N–H and O–H groups in total. The first-order valence-electron chi connectivity index (χ1n) is 8.96. The quantitative estimate of drug-likeness (QED) is 0.615.